The molecule has 0 aliphatic carbocycles. The fraction of sp³-hybridized carbons (Fsp3) is 0.200. The maximum Gasteiger partial charge on any atom is 0.338 e. The lowest BCUT2D eigenvalue weighted by molar-refractivity contribution is -0.139. The van der Waals surface area contributed by atoms with Crippen molar-refractivity contribution in [3.63, 3.8) is 0 Å². The minimum Gasteiger partial charge on any atom is -0.494 e. The third-order valence-electron chi connectivity index (χ3n) is 6.41. The molecule has 2 aromatic carbocycles. The quantitative estimate of drug-likeness (QED) is 0.292. The number of benzene rings is 2. The number of carboxylic acid groups (broad SMARTS) is 1. The first-order chi connectivity index (χ1) is 19.7. The van der Waals surface area contributed by atoms with Crippen molar-refractivity contribution >= 4 is 41.0 Å². The molecule has 0 saturated heterocycles. The first kappa shape index (κ1) is 28.1. The number of esters is 1. The Morgan fingerprint density at radius 3 is 2.66 bits per heavy atom. The van der Waals surface area contributed by atoms with Crippen LogP contribution in [-0.2, 0) is 9.53 Å². The number of nitrogens with zero attached hydrogens (tertiary/aromatic N) is 2. The average Bonchev–Trinajstić information content (AvgIpc) is 3.53. The number of carbonyl (C=O) groups is 2. The van der Waals surface area contributed by atoms with Gasteiger partial charge < -0.3 is 19.0 Å². The molecule has 4 aromatic rings. The molecule has 3 heterocycles. The molecule has 1 aliphatic rings. The molecule has 0 fully saturated rings. The topological polar surface area (TPSA) is 120 Å². The van der Waals surface area contributed by atoms with Gasteiger partial charge >= 0.3 is 11.9 Å². The summed E-state index contributed by atoms with van der Waals surface area (Å²) in [5.74, 6) is -0.372. The molecule has 9 nitrogen and oxygen atoms in total. The number of para-hydroxylation sites is 1. The Morgan fingerprint density at radius 1 is 1.15 bits per heavy atom. The number of halogens is 1. The van der Waals surface area contributed by atoms with Gasteiger partial charge in [0.25, 0.3) is 5.56 Å². The molecule has 11 heteroatoms. The lowest BCUT2D eigenvalue weighted by atomic mass is 9.95. The lowest BCUT2D eigenvalue weighted by Gasteiger charge is -2.26. The predicted octanol–water partition coefficient (Wildman–Crippen LogP) is 4.81. The van der Waals surface area contributed by atoms with Gasteiger partial charge in [-0.3, -0.25) is 9.36 Å². The first-order valence-corrected chi connectivity index (χ1v) is 14.0. The second kappa shape index (κ2) is 11.6. The smallest absolute Gasteiger partial charge is 0.338 e. The molecule has 1 unspecified atom stereocenters. The summed E-state index contributed by atoms with van der Waals surface area (Å²) in [6.45, 7) is 5.87. The van der Waals surface area contributed by atoms with Gasteiger partial charge in [0, 0.05) is 17.2 Å². The molecule has 5 rings (SSSR count). The van der Waals surface area contributed by atoms with Crippen molar-refractivity contribution in [2.45, 2.75) is 26.8 Å². The largest absolute Gasteiger partial charge is 0.494 e. The van der Waals surface area contributed by atoms with Crippen LogP contribution in [0.2, 0.25) is 5.02 Å². The number of rotatable bonds is 8. The van der Waals surface area contributed by atoms with E-state index in [1.54, 1.807) is 44.2 Å². The number of ether oxygens (including phenoxy) is 2. The average molecular weight is 593 g/mol. The van der Waals surface area contributed by atoms with Crippen molar-refractivity contribution in [2.24, 2.45) is 4.99 Å². The number of carboxylic acids is 1. The Bertz CT molecular complexity index is 1880. The number of carbonyl (C=O) groups excluding carboxylic acids is 1. The van der Waals surface area contributed by atoms with Crippen LogP contribution in [0.15, 0.2) is 80.1 Å². The van der Waals surface area contributed by atoms with Gasteiger partial charge in [-0.1, -0.05) is 41.1 Å². The SMILES string of the molecule is CCOC(=O)C1=C(C)N=c2s/c(=C\c3ccc(-c4ccc(Cl)c(C(=O)O)c4)o3)c(=O)n2C1c1ccccc1OCC. The van der Waals surface area contributed by atoms with Crippen LogP contribution in [0, 0.1) is 0 Å². The van der Waals surface area contributed by atoms with Crippen molar-refractivity contribution < 1.29 is 28.6 Å². The molecule has 0 spiro atoms. The van der Waals surface area contributed by atoms with Gasteiger partial charge in [-0.25, -0.2) is 14.6 Å². The monoisotopic (exact) mass is 592 g/mol. The van der Waals surface area contributed by atoms with Crippen LogP contribution in [0.1, 0.15) is 48.5 Å². The fourth-order valence-electron chi connectivity index (χ4n) is 4.64. The van der Waals surface area contributed by atoms with Crippen molar-refractivity contribution in [3.05, 3.63) is 107 Å². The zero-order valence-corrected chi connectivity index (χ0v) is 23.9. The van der Waals surface area contributed by atoms with Gasteiger partial charge in [-0.2, -0.15) is 0 Å². The summed E-state index contributed by atoms with van der Waals surface area (Å²) < 4.78 is 19.0. The third-order valence-corrected chi connectivity index (χ3v) is 7.72. The van der Waals surface area contributed by atoms with E-state index in [1.807, 2.05) is 25.1 Å². The van der Waals surface area contributed by atoms with Gasteiger partial charge in [0.05, 0.1) is 39.6 Å². The third kappa shape index (κ3) is 5.36. The van der Waals surface area contributed by atoms with E-state index < -0.39 is 18.0 Å². The minimum absolute atomic E-state index is 0.0458. The van der Waals surface area contributed by atoms with Crippen molar-refractivity contribution in [1.29, 1.82) is 0 Å². The number of hydrogen-bond acceptors (Lipinski definition) is 8. The zero-order valence-electron chi connectivity index (χ0n) is 22.3. The molecule has 2 aromatic heterocycles. The molecule has 1 N–H and O–H groups in total. The number of fused-ring (bicyclic) bond motifs is 1. The van der Waals surface area contributed by atoms with E-state index in [2.05, 4.69) is 4.99 Å². The van der Waals surface area contributed by atoms with E-state index in [9.17, 15) is 19.5 Å². The van der Waals surface area contributed by atoms with Crippen LogP contribution < -0.4 is 19.6 Å². The number of allylic oxidation sites excluding steroid dienone is 1. The summed E-state index contributed by atoms with van der Waals surface area (Å²) in [6.07, 6.45) is 1.59. The molecule has 210 valence electrons. The van der Waals surface area contributed by atoms with Crippen molar-refractivity contribution in [2.75, 3.05) is 13.2 Å². The first-order valence-electron chi connectivity index (χ1n) is 12.8. The fourth-order valence-corrected chi connectivity index (χ4v) is 5.86. The van der Waals surface area contributed by atoms with E-state index >= 15 is 0 Å². The number of hydrogen-bond donors (Lipinski definition) is 1. The Hall–Kier alpha value is -4.41. The van der Waals surface area contributed by atoms with Crippen LogP contribution >= 0.6 is 22.9 Å². The van der Waals surface area contributed by atoms with Gasteiger partial charge in [0.2, 0.25) is 0 Å². The second-order valence-corrected chi connectivity index (χ2v) is 10.4. The highest BCUT2D eigenvalue weighted by molar-refractivity contribution is 7.07. The Kier molecular flexibility index (Phi) is 7.96. The molecular formula is C30H25ClN2O7S. The molecule has 0 saturated carbocycles. The summed E-state index contributed by atoms with van der Waals surface area (Å²) in [5.41, 5.74) is 1.46. The molecule has 1 aliphatic heterocycles. The van der Waals surface area contributed by atoms with Gasteiger partial charge in [-0.05, 0) is 57.2 Å². The molecule has 0 radical (unpaired) electrons. The second-order valence-electron chi connectivity index (χ2n) is 8.97. The number of furan rings is 1. The Labute approximate surface area is 243 Å². The summed E-state index contributed by atoms with van der Waals surface area (Å²) in [6, 6.07) is 14.4. The molecule has 41 heavy (non-hydrogen) atoms. The summed E-state index contributed by atoms with van der Waals surface area (Å²) in [7, 11) is 0. The number of thiazole rings is 1. The van der Waals surface area contributed by atoms with E-state index in [0.717, 1.165) is 11.3 Å². The number of aromatic carboxylic acids is 1. The maximum atomic E-state index is 13.9. The van der Waals surface area contributed by atoms with Gasteiger partial charge in [0.1, 0.15) is 23.3 Å². The highest BCUT2D eigenvalue weighted by Gasteiger charge is 2.35. The van der Waals surface area contributed by atoms with Crippen LogP contribution in [0.5, 0.6) is 5.75 Å². The molecule has 0 bridgehead atoms. The van der Waals surface area contributed by atoms with Gasteiger partial charge in [0.15, 0.2) is 4.80 Å². The maximum absolute atomic E-state index is 13.9. The number of aromatic nitrogens is 1. The summed E-state index contributed by atoms with van der Waals surface area (Å²) in [5, 5.41) is 9.51. The molecular weight excluding hydrogens is 568 g/mol. The standard InChI is InChI=1S/C30H25ClN2O7S/c1-4-38-23-9-7-6-8-19(23)26-25(29(37)39-5-2)16(3)32-30-33(26)27(34)24(41-30)15-18-11-13-22(40-18)17-10-12-21(31)20(14-17)28(35)36/h6-15,26H,4-5H2,1-3H3,(H,35,36)/b24-15-. The zero-order chi connectivity index (χ0) is 29.3. The van der Waals surface area contributed by atoms with E-state index in [1.165, 1.54) is 16.7 Å². The minimum atomic E-state index is -1.15. The molecule has 0 amide bonds. The van der Waals surface area contributed by atoms with E-state index in [0.29, 0.717) is 50.0 Å². The highest BCUT2D eigenvalue weighted by atomic mass is 35.5. The van der Waals surface area contributed by atoms with Crippen molar-refractivity contribution in [1.82, 2.24) is 4.57 Å². The Balaban J connectivity index is 1.64. The predicted molar refractivity (Wildman–Crippen MR) is 154 cm³/mol. The van der Waals surface area contributed by atoms with Crippen LogP contribution in [0.25, 0.3) is 17.4 Å². The summed E-state index contributed by atoms with van der Waals surface area (Å²) >= 11 is 7.16. The van der Waals surface area contributed by atoms with Gasteiger partial charge in [-0.15, -0.1) is 0 Å². The van der Waals surface area contributed by atoms with Crippen LogP contribution in [-0.4, -0.2) is 34.8 Å². The molecule has 1 atom stereocenters. The van der Waals surface area contributed by atoms with Crippen LogP contribution in [0.4, 0.5) is 0 Å². The lowest BCUT2D eigenvalue weighted by Crippen LogP contribution is -2.40. The Morgan fingerprint density at radius 2 is 1.93 bits per heavy atom. The summed E-state index contributed by atoms with van der Waals surface area (Å²) in [4.78, 5) is 43.5. The van der Waals surface area contributed by atoms with Crippen LogP contribution in [0.3, 0.4) is 0 Å². The highest BCUT2D eigenvalue weighted by Crippen LogP contribution is 2.36. The normalized spacial score (nSPS) is 14.9. The van der Waals surface area contributed by atoms with E-state index in [4.69, 9.17) is 25.5 Å². The van der Waals surface area contributed by atoms with Crippen molar-refractivity contribution in [3.8, 4) is 17.1 Å². The van der Waals surface area contributed by atoms with E-state index in [-0.39, 0.29) is 28.3 Å².